The minimum Gasteiger partial charge on any atom is -0.267 e. The summed E-state index contributed by atoms with van der Waals surface area (Å²) < 4.78 is 1.75. The van der Waals surface area contributed by atoms with Crippen molar-refractivity contribution in [1.82, 2.24) is 9.66 Å². The van der Waals surface area contributed by atoms with E-state index >= 15 is 0 Å². The van der Waals surface area contributed by atoms with Gasteiger partial charge in [0.25, 0.3) is 5.91 Å². The fraction of sp³-hybridized carbons (Fsp3) is 0.200. The van der Waals surface area contributed by atoms with Crippen LogP contribution in [-0.4, -0.2) is 15.6 Å². The van der Waals surface area contributed by atoms with Crippen LogP contribution in [0.3, 0.4) is 0 Å². The molecule has 0 spiro atoms. The maximum atomic E-state index is 13.4. The molecule has 0 atom stereocenters. The summed E-state index contributed by atoms with van der Waals surface area (Å²) in [6.45, 7) is 6.96. The Kier molecular flexibility index (Phi) is 4.93. The van der Waals surface area contributed by atoms with E-state index in [1.54, 1.807) is 28.4 Å². The first kappa shape index (κ1) is 18.9. The highest BCUT2D eigenvalue weighted by atomic mass is 16.2. The summed E-state index contributed by atoms with van der Waals surface area (Å²) in [6, 6.07) is 22.3. The second kappa shape index (κ2) is 7.55. The van der Waals surface area contributed by atoms with Gasteiger partial charge in [0.1, 0.15) is 6.33 Å². The average molecular weight is 383 g/mol. The quantitative estimate of drug-likeness (QED) is 0.479. The van der Waals surface area contributed by atoms with Crippen LogP contribution in [0.15, 0.2) is 85.5 Å². The van der Waals surface area contributed by atoms with Crippen molar-refractivity contribution in [3.63, 3.8) is 0 Å². The number of imidazole rings is 1. The van der Waals surface area contributed by atoms with Crippen molar-refractivity contribution in [2.24, 2.45) is 0 Å². The molecule has 0 N–H and O–H groups in total. The topological polar surface area (TPSA) is 38.1 Å². The summed E-state index contributed by atoms with van der Waals surface area (Å²) in [4.78, 5) is 17.6. The van der Waals surface area contributed by atoms with E-state index in [1.807, 2.05) is 42.5 Å². The number of hydrogen-bond donors (Lipinski definition) is 0. The van der Waals surface area contributed by atoms with Crippen LogP contribution in [-0.2, 0) is 12.0 Å². The molecule has 0 aliphatic heterocycles. The van der Waals surface area contributed by atoms with E-state index in [0.29, 0.717) is 12.1 Å². The summed E-state index contributed by atoms with van der Waals surface area (Å²) >= 11 is 0. The first-order chi connectivity index (χ1) is 13.9. The van der Waals surface area contributed by atoms with Gasteiger partial charge in [-0.25, -0.2) is 14.7 Å². The number of carbonyl (C=O) groups excluding carboxylic acids is 1. The monoisotopic (exact) mass is 383 g/mol. The largest absolute Gasteiger partial charge is 0.273 e. The zero-order chi connectivity index (χ0) is 20.4. The Morgan fingerprint density at radius 1 is 0.966 bits per heavy atom. The van der Waals surface area contributed by atoms with E-state index in [4.69, 9.17) is 0 Å². The van der Waals surface area contributed by atoms with Gasteiger partial charge in [-0.2, -0.15) is 0 Å². The highest BCUT2D eigenvalue weighted by Gasteiger charge is 2.20. The Balaban J connectivity index is 1.70. The molecule has 0 radical (unpaired) electrons. The Bertz CT molecular complexity index is 1120. The van der Waals surface area contributed by atoms with Gasteiger partial charge in [-0.15, -0.1) is 0 Å². The van der Waals surface area contributed by atoms with Gasteiger partial charge in [-0.05, 0) is 39.4 Å². The number of amides is 1. The minimum absolute atomic E-state index is 0.0502. The molecule has 3 aromatic carbocycles. The molecule has 0 fully saturated rings. The Morgan fingerprint density at radius 3 is 2.38 bits per heavy atom. The minimum atomic E-state index is -0.0589. The third-order valence-electron chi connectivity index (χ3n) is 5.20. The van der Waals surface area contributed by atoms with Crippen LogP contribution in [0.1, 0.15) is 42.3 Å². The molecule has 29 heavy (non-hydrogen) atoms. The summed E-state index contributed by atoms with van der Waals surface area (Å²) in [6.07, 6.45) is 5.14. The highest BCUT2D eigenvalue weighted by Crippen LogP contribution is 2.24. The standard InChI is InChI=1S/C25H25N3O/c1-25(2,3)22-13-11-20(12-14-22)24(29)28(27-16-15-26-18-27)17-21-9-6-8-19-7-4-5-10-23(19)21/h4-16,18H,17H2,1-3H3. The SMILES string of the molecule is CC(C)(C)c1ccc(C(=O)N(Cc2cccc3ccccc23)n2ccnc2)cc1. The number of carbonyl (C=O) groups is 1. The van der Waals surface area contributed by atoms with Crippen molar-refractivity contribution in [3.8, 4) is 0 Å². The molecule has 0 aliphatic rings. The smallest absolute Gasteiger partial charge is 0.267 e. The molecule has 0 aliphatic carbocycles. The van der Waals surface area contributed by atoms with E-state index in [2.05, 4.69) is 50.0 Å². The first-order valence-corrected chi connectivity index (χ1v) is 9.81. The maximum Gasteiger partial charge on any atom is 0.273 e. The van der Waals surface area contributed by atoms with Gasteiger partial charge in [0.2, 0.25) is 0 Å². The third kappa shape index (κ3) is 3.92. The van der Waals surface area contributed by atoms with E-state index < -0.39 is 0 Å². The molecule has 1 aromatic heterocycles. The van der Waals surface area contributed by atoms with Gasteiger partial charge in [-0.3, -0.25) is 4.79 Å². The fourth-order valence-corrected chi connectivity index (χ4v) is 3.51. The van der Waals surface area contributed by atoms with E-state index in [0.717, 1.165) is 16.3 Å². The molecule has 1 heterocycles. The van der Waals surface area contributed by atoms with Gasteiger partial charge in [-0.1, -0.05) is 75.4 Å². The highest BCUT2D eigenvalue weighted by molar-refractivity contribution is 6.01. The van der Waals surface area contributed by atoms with Crippen LogP contribution < -0.4 is 5.01 Å². The molecule has 1 amide bonds. The van der Waals surface area contributed by atoms with Crippen LogP contribution >= 0.6 is 0 Å². The molecule has 146 valence electrons. The average Bonchev–Trinajstić information content (AvgIpc) is 3.25. The number of nitrogens with zero attached hydrogens (tertiary/aromatic N) is 3. The summed E-state index contributed by atoms with van der Waals surface area (Å²) in [5.41, 5.74) is 3.01. The van der Waals surface area contributed by atoms with E-state index in [1.165, 1.54) is 5.56 Å². The zero-order valence-electron chi connectivity index (χ0n) is 17.0. The van der Waals surface area contributed by atoms with Gasteiger partial charge in [0, 0.05) is 18.0 Å². The molecule has 4 heteroatoms. The van der Waals surface area contributed by atoms with Crippen LogP contribution in [0.4, 0.5) is 0 Å². The predicted octanol–water partition coefficient (Wildman–Crippen LogP) is 5.31. The summed E-state index contributed by atoms with van der Waals surface area (Å²) in [5.74, 6) is -0.0589. The molecule has 0 saturated heterocycles. The Labute approximate surface area is 171 Å². The van der Waals surface area contributed by atoms with Crippen molar-refractivity contribution < 1.29 is 4.79 Å². The lowest BCUT2D eigenvalue weighted by molar-refractivity contribution is 0.0956. The third-order valence-corrected chi connectivity index (χ3v) is 5.20. The summed E-state index contributed by atoms with van der Waals surface area (Å²) in [5, 5.41) is 4.04. The van der Waals surface area contributed by atoms with Crippen LogP contribution in [0.2, 0.25) is 0 Å². The predicted molar refractivity (Wildman–Crippen MR) is 118 cm³/mol. The Morgan fingerprint density at radius 2 is 1.69 bits per heavy atom. The zero-order valence-corrected chi connectivity index (χ0v) is 17.0. The van der Waals surface area contributed by atoms with Crippen molar-refractivity contribution in [2.75, 3.05) is 5.01 Å². The van der Waals surface area contributed by atoms with Crippen molar-refractivity contribution >= 4 is 16.7 Å². The fourth-order valence-electron chi connectivity index (χ4n) is 3.51. The summed E-state index contributed by atoms with van der Waals surface area (Å²) in [7, 11) is 0. The lowest BCUT2D eigenvalue weighted by atomic mass is 9.86. The van der Waals surface area contributed by atoms with Gasteiger partial charge in [0.05, 0.1) is 6.54 Å². The Hall–Kier alpha value is -3.40. The molecule has 0 bridgehead atoms. The van der Waals surface area contributed by atoms with Gasteiger partial charge >= 0.3 is 0 Å². The molecule has 0 saturated carbocycles. The van der Waals surface area contributed by atoms with Crippen LogP contribution in [0, 0.1) is 0 Å². The van der Waals surface area contributed by atoms with Crippen molar-refractivity contribution in [2.45, 2.75) is 32.7 Å². The molecule has 4 nitrogen and oxygen atoms in total. The van der Waals surface area contributed by atoms with E-state index in [-0.39, 0.29) is 11.3 Å². The second-order valence-electron chi connectivity index (χ2n) is 8.27. The van der Waals surface area contributed by atoms with Crippen LogP contribution in [0.25, 0.3) is 10.8 Å². The van der Waals surface area contributed by atoms with Crippen molar-refractivity contribution in [1.29, 1.82) is 0 Å². The lowest BCUT2D eigenvalue weighted by Gasteiger charge is -2.25. The number of hydrogen-bond acceptors (Lipinski definition) is 2. The number of rotatable bonds is 4. The lowest BCUT2D eigenvalue weighted by Crippen LogP contribution is -2.39. The number of aromatic nitrogens is 2. The molecular weight excluding hydrogens is 358 g/mol. The second-order valence-corrected chi connectivity index (χ2v) is 8.27. The number of fused-ring (bicyclic) bond motifs is 1. The van der Waals surface area contributed by atoms with Gasteiger partial charge in [0.15, 0.2) is 0 Å². The molecule has 4 aromatic rings. The normalized spacial score (nSPS) is 11.6. The first-order valence-electron chi connectivity index (χ1n) is 9.81. The van der Waals surface area contributed by atoms with Crippen molar-refractivity contribution in [3.05, 3.63) is 102 Å². The van der Waals surface area contributed by atoms with E-state index in [9.17, 15) is 4.79 Å². The molecule has 0 unspecified atom stereocenters. The van der Waals surface area contributed by atoms with Gasteiger partial charge < -0.3 is 0 Å². The maximum absolute atomic E-state index is 13.4. The van der Waals surface area contributed by atoms with Crippen LogP contribution in [0.5, 0.6) is 0 Å². The number of benzene rings is 3. The molecule has 4 rings (SSSR count). The molecular formula is C25H25N3O.